The summed E-state index contributed by atoms with van der Waals surface area (Å²) in [5.41, 5.74) is 7.98. The minimum Gasteiger partial charge on any atom is -0.383 e. The number of hydrogen-bond donors (Lipinski definition) is 2. The lowest BCUT2D eigenvalue weighted by Gasteiger charge is -2.23. The number of likely N-dealkylation sites (tertiary alicyclic amines) is 1. The lowest BCUT2D eigenvalue weighted by molar-refractivity contribution is -0.106. The molecule has 3 rings (SSSR count). The molecule has 1 aliphatic heterocycles. The Kier molecular flexibility index (Phi) is 6.25. The van der Waals surface area contributed by atoms with Crippen molar-refractivity contribution in [1.82, 2.24) is 14.9 Å². The average Bonchev–Trinajstić information content (AvgIpc) is 3.14. The molecule has 2 heterocycles. The Bertz CT molecular complexity index is 878. The van der Waals surface area contributed by atoms with Gasteiger partial charge in [0.1, 0.15) is 12.1 Å². The van der Waals surface area contributed by atoms with Gasteiger partial charge in [0.05, 0.1) is 6.54 Å². The summed E-state index contributed by atoms with van der Waals surface area (Å²) in [6.45, 7) is 3.59. The van der Waals surface area contributed by atoms with Crippen molar-refractivity contribution < 1.29 is 4.79 Å². The van der Waals surface area contributed by atoms with Crippen LogP contribution in [-0.4, -0.2) is 40.8 Å². The van der Waals surface area contributed by atoms with Gasteiger partial charge in [-0.15, -0.1) is 4.91 Å². The zero-order valence-electron chi connectivity index (χ0n) is 14.9. The summed E-state index contributed by atoms with van der Waals surface area (Å²) in [4.78, 5) is 33.3. The van der Waals surface area contributed by atoms with Crippen LogP contribution in [0.15, 0.2) is 29.4 Å². The zero-order valence-corrected chi connectivity index (χ0v) is 15.7. The van der Waals surface area contributed by atoms with Crippen molar-refractivity contribution in [2.24, 2.45) is 5.18 Å². The molecular formula is C18H22N6O2S. The van der Waals surface area contributed by atoms with Gasteiger partial charge in [-0.25, -0.2) is 4.98 Å². The van der Waals surface area contributed by atoms with Crippen LogP contribution < -0.4 is 10.6 Å². The van der Waals surface area contributed by atoms with Crippen LogP contribution >= 0.6 is 12.2 Å². The van der Waals surface area contributed by atoms with E-state index in [9.17, 15) is 9.70 Å². The van der Waals surface area contributed by atoms with Crippen LogP contribution in [0, 0.1) is 9.68 Å². The van der Waals surface area contributed by atoms with Crippen molar-refractivity contribution in [3.63, 3.8) is 0 Å². The van der Waals surface area contributed by atoms with Crippen molar-refractivity contribution in [3.05, 3.63) is 45.1 Å². The van der Waals surface area contributed by atoms with E-state index in [2.05, 4.69) is 32.2 Å². The lowest BCUT2D eigenvalue weighted by Crippen LogP contribution is -2.26. The normalized spacial score (nSPS) is 14.2. The lowest BCUT2D eigenvalue weighted by atomic mass is 10.1. The number of nitrogens with zero attached hydrogens (tertiary/aromatic N) is 4. The Labute approximate surface area is 162 Å². The number of nitrogen functional groups attached to an aromatic ring is 1. The molecule has 0 atom stereocenters. The SMILES string of the molecule is Nc1[nH]c(=S)nc(N(CC=O)Cc2cccc(CN3CCCC3)c2)c1N=O. The fraction of sp³-hybridized carbons (Fsp3) is 0.389. The fourth-order valence-electron chi connectivity index (χ4n) is 3.34. The van der Waals surface area contributed by atoms with Gasteiger partial charge in [0.2, 0.25) is 0 Å². The van der Waals surface area contributed by atoms with E-state index >= 15 is 0 Å². The highest BCUT2D eigenvalue weighted by Crippen LogP contribution is 2.31. The highest BCUT2D eigenvalue weighted by Gasteiger charge is 2.18. The van der Waals surface area contributed by atoms with E-state index < -0.39 is 0 Å². The molecule has 8 nitrogen and oxygen atoms in total. The van der Waals surface area contributed by atoms with Gasteiger partial charge in [0.15, 0.2) is 16.3 Å². The Morgan fingerprint density at radius 3 is 2.78 bits per heavy atom. The minimum atomic E-state index is -0.0429. The quantitative estimate of drug-likeness (QED) is 0.408. The zero-order chi connectivity index (χ0) is 19.2. The molecule has 1 fully saturated rings. The number of hydrogen-bond acceptors (Lipinski definition) is 8. The molecular weight excluding hydrogens is 364 g/mol. The molecule has 0 aliphatic carbocycles. The highest BCUT2D eigenvalue weighted by molar-refractivity contribution is 7.71. The first kappa shape index (κ1) is 19.1. The van der Waals surface area contributed by atoms with E-state index in [0.29, 0.717) is 6.54 Å². The summed E-state index contributed by atoms with van der Waals surface area (Å²) in [7, 11) is 0. The van der Waals surface area contributed by atoms with Crippen molar-refractivity contribution in [2.45, 2.75) is 25.9 Å². The van der Waals surface area contributed by atoms with E-state index in [0.717, 1.165) is 31.5 Å². The van der Waals surface area contributed by atoms with Crippen LogP contribution in [-0.2, 0) is 17.9 Å². The predicted molar refractivity (Wildman–Crippen MR) is 107 cm³/mol. The van der Waals surface area contributed by atoms with Gasteiger partial charge in [-0.3, -0.25) is 4.90 Å². The standard InChI is InChI=1S/C18H22N6O2S/c19-16-15(22-26)17(21-18(27)20-16)24(8-9-25)12-14-5-3-4-13(10-14)11-23-6-1-2-7-23/h3-5,9-10H,1-2,6-8,11-12H2,(H3,19,20,21,27). The van der Waals surface area contributed by atoms with Crippen LogP contribution in [0.25, 0.3) is 0 Å². The van der Waals surface area contributed by atoms with Crippen molar-refractivity contribution in [1.29, 1.82) is 0 Å². The molecule has 0 radical (unpaired) electrons. The molecule has 1 saturated heterocycles. The number of nitroso groups, excluding NO2 is 1. The summed E-state index contributed by atoms with van der Waals surface area (Å²) < 4.78 is 0.133. The van der Waals surface area contributed by atoms with Crippen molar-refractivity contribution >= 4 is 35.8 Å². The first-order valence-corrected chi connectivity index (χ1v) is 9.23. The maximum absolute atomic E-state index is 11.2. The third-order valence-electron chi connectivity index (χ3n) is 4.57. The van der Waals surface area contributed by atoms with Crippen LogP contribution in [0.5, 0.6) is 0 Å². The Morgan fingerprint density at radius 2 is 2.07 bits per heavy atom. The van der Waals surface area contributed by atoms with E-state index in [1.54, 1.807) is 4.90 Å². The number of nitrogens with one attached hydrogen (secondary N) is 1. The third kappa shape index (κ3) is 4.75. The van der Waals surface area contributed by atoms with Gasteiger partial charge in [-0.2, -0.15) is 0 Å². The molecule has 1 aromatic heterocycles. The minimum absolute atomic E-state index is 0.0404. The van der Waals surface area contributed by atoms with Crippen LogP contribution in [0.4, 0.5) is 17.3 Å². The molecule has 0 unspecified atom stereocenters. The fourth-order valence-corrected chi connectivity index (χ4v) is 3.54. The maximum atomic E-state index is 11.2. The molecule has 0 saturated carbocycles. The van der Waals surface area contributed by atoms with E-state index in [1.807, 2.05) is 12.1 Å². The number of nitrogens with two attached hydrogens (primary N) is 1. The molecule has 3 N–H and O–H groups in total. The van der Waals surface area contributed by atoms with Gasteiger partial charge in [-0.05, 0) is 54.5 Å². The number of aromatic amines is 1. The second-order valence-corrected chi connectivity index (χ2v) is 6.96. The summed E-state index contributed by atoms with van der Waals surface area (Å²) in [6.07, 6.45) is 3.24. The molecule has 9 heteroatoms. The Balaban J connectivity index is 1.86. The van der Waals surface area contributed by atoms with E-state index in [1.165, 1.54) is 18.4 Å². The largest absolute Gasteiger partial charge is 0.383 e. The molecule has 2 aromatic rings. The van der Waals surface area contributed by atoms with E-state index in [-0.39, 0.29) is 28.6 Å². The molecule has 1 aliphatic rings. The van der Waals surface area contributed by atoms with Gasteiger partial charge in [0, 0.05) is 13.1 Å². The number of anilines is 2. The average molecular weight is 386 g/mol. The van der Waals surface area contributed by atoms with Crippen molar-refractivity contribution in [3.8, 4) is 0 Å². The molecule has 142 valence electrons. The highest BCUT2D eigenvalue weighted by atomic mass is 32.1. The number of carbonyl (C=O) groups is 1. The first-order valence-electron chi connectivity index (χ1n) is 8.82. The number of rotatable bonds is 8. The molecule has 1 aromatic carbocycles. The maximum Gasteiger partial charge on any atom is 0.200 e. The number of H-pyrrole nitrogens is 1. The van der Waals surface area contributed by atoms with E-state index in [4.69, 9.17) is 18.0 Å². The summed E-state index contributed by atoms with van der Waals surface area (Å²) in [5, 5.41) is 2.96. The van der Waals surface area contributed by atoms with Crippen LogP contribution in [0.2, 0.25) is 0 Å². The van der Waals surface area contributed by atoms with Gasteiger partial charge >= 0.3 is 0 Å². The Morgan fingerprint density at radius 1 is 1.33 bits per heavy atom. The second-order valence-electron chi connectivity index (χ2n) is 6.57. The number of aromatic nitrogens is 2. The summed E-state index contributed by atoms with van der Waals surface area (Å²) in [5.74, 6) is 0.252. The van der Waals surface area contributed by atoms with Gasteiger partial charge in [0.25, 0.3) is 0 Å². The predicted octanol–water partition coefficient (Wildman–Crippen LogP) is 2.92. The second kappa shape index (κ2) is 8.83. The summed E-state index contributed by atoms with van der Waals surface area (Å²) in [6, 6.07) is 8.18. The molecule has 27 heavy (non-hydrogen) atoms. The Hall–Kier alpha value is -2.65. The van der Waals surface area contributed by atoms with Crippen LogP contribution in [0.3, 0.4) is 0 Å². The molecule has 0 spiro atoms. The monoisotopic (exact) mass is 386 g/mol. The van der Waals surface area contributed by atoms with Gasteiger partial charge in [-0.1, -0.05) is 24.3 Å². The van der Waals surface area contributed by atoms with Gasteiger partial charge < -0.3 is 20.4 Å². The number of benzene rings is 1. The number of carbonyl (C=O) groups excluding carboxylic acids is 1. The van der Waals surface area contributed by atoms with Crippen molar-refractivity contribution in [2.75, 3.05) is 30.3 Å². The first-order chi connectivity index (χ1) is 13.1. The molecule has 0 amide bonds. The summed E-state index contributed by atoms with van der Waals surface area (Å²) >= 11 is 5.05. The smallest absolute Gasteiger partial charge is 0.200 e. The third-order valence-corrected chi connectivity index (χ3v) is 4.76. The molecule has 0 bridgehead atoms. The number of aldehydes is 1. The topological polar surface area (TPSA) is 108 Å². The van der Waals surface area contributed by atoms with Crippen LogP contribution in [0.1, 0.15) is 24.0 Å².